The normalized spacial score (nSPS) is 25.2. The molecular formula is C11H19N3. The van der Waals surface area contributed by atoms with Gasteiger partial charge in [-0.2, -0.15) is 0 Å². The van der Waals surface area contributed by atoms with Gasteiger partial charge in [0.15, 0.2) is 0 Å². The first-order valence-corrected chi connectivity index (χ1v) is 5.19. The number of anilines is 1. The van der Waals surface area contributed by atoms with E-state index >= 15 is 0 Å². The van der Waals surface area contributed by atoms with Crippen LogP contribution < -0.4 is 10.2 Å². The number of rotatable bonds is 2. The quantitative estimate of drug-likeness (QED) is 0.747. The molecule has 0 amide bonds. The SMILES string of the molecule is CN(c1cc[nH]c1)C1CNC(C)(C)C1. The molecule has 0 saturated carbocycles. The van der Waals surface area contributed by atoms with Gasteiger partial charge in [0.05, 0.1) is 5.69 Å². The number of nitrogens with zero attached hydrogens (tertiary/aromatic N) is 1. The van der Waals surface area contributed by atoms with Crippen molar-refractivity contribution in [3.8, 4) is 0 Å². The van der Waals surface area contributed by atoms with Crippen molar-refractivity contribution in [2.45, 2.75) is 31.8 Å². The van der Waals surface area contributed by atoms with Crippen LogP contribution in [-0.4, -0.2) is 30.2 Å². The van der Waals surface area contributed by atoms with Crippen LogP contribution in [0.2, 0.25) is 0 Å². The molecule has 0 aromatic carbocycles. The topological polar surface area (TPSA) is 31.1 Å². The molecule has 1 aromatic rings. The second-order valence-electron chi connectivity index (χ2n) is 4.80. The Labute approximate surface area is 85.5 Å². The molecule has 0 spiro atoms. The molecule has 2 heterocycles. The zero-order valence-electron chi connectivity index (χ0n) is 9.17. The smallest absolute Gasteiger partial charge is 0.0544 e. The highest BCUT2D eigenvalue weighted by Gasteiger charge is 2.32. The fourth-order valence-corrected chi connectivity index (χ4v) is 2.15. The van der Waals surface area contributed by atoms with Gasteiger partial charge in [-0.3, -0.25) is 0 Å². The summed E-state index contributed by atoms with van der Waals surface area (Å²) in [7, 11) is 2.16. The molecule has 0 radical (unpaired) electrons. The molecule has 3 nitrogen and oxygen atoms in total. The van der Waals surface area contributed by atoms with E-state index in [9.17, 15) is 0 Å². The molecular weight excluding hydrogens is 174 g/mol. The predicted octanol–water partition coefficient (Wildman–Crippen LogP) is 1.59. The zero-order chi connectivity index (χ0) is 10.2. The first-order valence-electron chi connectivity index (χ1n) is 5.19. The van der Waals surface area contributed by atoms with E-state index in [2.05, 4.69) is 42.2 Å². The molecule has 1 saturated heterocycles. The van der Waals surface area contributed by atoms with E-state index in [-0.39, 0.29) is 5.54 Å². The van der Waals surface area contributed by atoms with Crippen molar-refractivity contribution in [2.75, 3.05) is 18.5 Å². The van der Waals surface area contributed by atoms with Crippen molar-refractivity contribution in [2.24, 2.45) is 0 Å². The van der Waals surface area contributed by atoms with Crippen molar-refractivity contribution in [1.82, 2.24) is 10.3 Å². The van der Waals surface area contributed by atoms with E-state index in [4.69, 9.17) is 0 Å². The van der Waals surface area contributed by atoms with Crippen LogP contribution in [-0.2, 0) is 0 Å². The predicted molar refractivity (Wildman–Crippen MR) is 59.7 cm³/mol. The summed E-state index contributed by atoms with van der Waals surface area (Å²) in [5, 5.41) is 3.54. The van der Waals surface area contributed by atoms with Gasteiger partial charge in [-0.25, -0.2) is 0 Å². The number of likely N-dealkylation sites (N-methyl/N-ethyl adjacent to an activating group) is 1. The number of hydrogen-bond donors (Lipinski definition) is 2. The Morgan fingerprint density at radius 3 is 2.79 bits per heavy atom. The summed E-state index contributed by atoms with van der Waals surface area (Å²) in [6, 6.07) is 2.73. The lowest BCUT2D eigenvalue weighted by Gasteiger charge is -2.25. The summed E-state index contributed by atoms with van der Waals surface area (Å²) < 4.78 is 0. The van der Waals surface area contributed by atoms with Crippen LogP contribution in [0.1, 0.15) is 20.3 Å². The third-order valence-electron chi connectivity index (χ3n) is 3.10. The highest BCUT2D eigenvalue weighted by molar-refractivity contribution is 5.44. The molecule has 1 atom stereocenters. The molecule has 1 aromatic heterocycles. The average Bonchev–Trinajstić information content (AvgIpc) is 2.72. The van der Waals surface area contributed by atoms with E-state index in [0.717, 1.165) is 6.54 Å². The van der Waals surface area contributed by atoms with E-state index in [1.165, 1.54) is 12.1 Å². The molecule has 2 N–H and O–H groups in total. The van der Waals surface area contributed by atoms with Crippen LogP contribution in [0, 0.1) is 0 Å². The Balaban J connectivity index is 2.04. The fraction of sp³-hybridized carbons (Fsp3) is 0.636. The number of nitrogens with one attached hydrogen (secondary N) is 2. The van der Waals surface area contributed by atoms with Crippen molar-refractivity contribution < 1.29 is 0 Å². The number of aromatic amines is 1. The maximum absolute atomic E-state index is 3.54. The van der Waals surface area contributed by atoms with Gasteiger partial charge in [-0.15, -0.1) is 0 Å². The van der Waals surface area contributed by atoms with Gasteiger partial charge in [-0.05, 0) is 26.3 Å². The summed E-state index contributed by atoms with van der Waals surface area (Å²) in [5.74, 6) is 0. The minimum absolute atomic E-state index is 0.287. The zero-order valence-corrected chi connectivity index (χ0v) is 9.17. The maximum atomic E-state index is 3.54. The van der Waals surface area contributed by atoms with Crippen LogP contribution in [0.4, 0.5) is 5.69 Å². The van der Waals surface area contributed by atoms with Crippen molar-refractivity contribution in [3.05, 3.63) is 18.5 Å². The van der Waals surface area contributed by atoms with Gasteiger partial charge in [0.2, 0.25) is 0 Å². The molecule has 14 heavy (non-hydrogen) atoms. The lowest BCUT2D eigenvalue weighted by atomic mass is 10.0. The first-order chi connectivity index (χ1) is 6.58. The van der Waals surface area contributed by atoms with Gasteiger partial charge in [0.1, 0.15) is 0 Å². The van der Waals surface area contributed by atoms with E-state index in [0.29, 0.717) is 6.04 Å². The van der Waals surface area contributed by atoms with Crippen LogP contribution in [0.5, 0.6) is 0 Å². The Kier molecular flexibility index (Phi) is 2.27. The van der Waals surface area contributed by atoms with E-state index in [1.54, 1.807) is 0 Å². The summed E-state index contributed by atoms with van der Waals surface area (Å²) in [6.45, 7) is 5.60. The minimum atomic E-state index is 0.287. The van der Waals surface area contributed by atoms with Crippen molar-refractivity contribution in [1.29, 1.82) is 0 Å². The van der Waals surface area contributed by atoms with Crippen molar-refractivity contribution >= 4 is 5.69 Å². The van der Waals surface area contributed by atoms with E-state index < -0.39 is 0 Å². The molecule has 1 unspecified atom stereocenters. The third-order valence-corrected chi connectivity index (χ3v) is 3.10. The summed E-state index contributed by atoms with van der Waals surface area (Å²) in [4.78, 5) is 5.44. The second kappa shape index (κ2) is 3.31. The summed E-state index contributed by atoms with van der Waals surface area (Å²) >= 11 is 0. The molecule has 0 bridgehead atoms. The summed E-state index contributed by atoms with van der Waals surface area (Å²) in [6.07, 6.45) is 5.22. The number of aromatic nitrogens is 1. The number of H-pyrrole nitrogens is 1. The highest BCUT2D eigenvalue weighted by atomic mass is 15.2. The van der Waals surface area contributed by atoms with Crippen LogP contribution in [0.15, 0.2) is 18.5 Å². The molecule has 2 rings (SSSR count). The van der Waals surface area contributed by atoms with Crippen molar-refractivity contribution in [3.63, 3.8) is 0 Å². The Morgan fingerprint density at radius 2 is 2.29 bits per heavy atom. The van der Waals surface area contributed by atoms with Gasteiger partial charge in [0, 0.05) is 37.6 Å². The van der Waals surface area contributed by atoms with Crippen LogP contribution >= 0.6 is 0 Å². The molecule has 1 aliphatic heterocycles. The number of hydrogen-bond acceptors (Lipinski definition) is 2. The fourth-order valence-electron chi connectivity index (χ4n) is 2.15. The van der Waals surface area contributed by atoms with Gasteiger partial charge < -0.3 is 15.2 Å². The molecule has 0 aliphatic carbocycles. The maximum Gasteiger partial charge on any atom is 0.0544 e. The van der Waals surface area contributed by atoms with E-state index in [1.807, 2.05) is 12.4 Å². The monoisotopic (exact) mass is 193 g/mol. The van der Waals surface area contributed by atoms with Crippen LogP contribution in [0.3, 0.4) is 0 Å². The standard InChI is InChI=1S/C11H19N3/c1-11(2)6-10(8-13-11)14(3)9-4-5-12-7-9/h4-5,7,10,12-13H,6,8H2,1-3H3. The Morgan fingerprint density at radius 1 is 1.50 bits per heavy atom. The molecule has 1 fully saturated rings. The minimum Gasteiger partial charge on any atom is -0.369 e. The second-order valence-corrected chi connectivity index (χ2v) is 4.80. The van der Waals surface area contributed by atoms with Gasteiger partial charge in [-0.1, -0.05) is 0 Å². The molecule has 78 valence electrons. The van der Waals surface area contributed by atoms with Gasteiger partial charge >= 0.3 is 0 Å². The summed E-state index contributed by atoms with van der Waals surface area (Å²) in [5.41, 5.74) is 1.56. The lowest BCUT2D eigenvalue weighted by Crippen LogP contribution is -2.32. The van der Waals surface area contributed by atoms with Crippen LogP contribution in [0.25, 0.3) is 0 Å². The lowest BCUT2D eigenvalue weighted by molar-refractivity contribution is 0.454. The highest BCUT2D eigenvalue weighted by Crippen LogP contribution is 2.24. The molecule has 3 heteroatoms. The largest absolute Gasteiger partial charge is 0.369 e. The molecule has 1 aliphatic rings. The first kappa shape index (κ1) is 9.59. The Hall–Kier alpha value is -0.960. The average molecular weight is 193 g/mol. The van der Waals surface area contributed by atoms with Gasteiger partial charge in [0.25, 0.3) is 0 Å². The Bertz CT molecular complexity index is 289. The third kappa shape index (κ3) is 1.77.